The van der Waals surface area contributed by atoms with E-state index in [0.717, 1.165) is 82.8 Å². The first kappa shape index (κ1) is 36.3. The number of para-hydroxylation sites is 4. The zero-order chi connectivity index (χ0) is 43.7. The predicted molar refractivity (Wildman–Crippen MR) is 279 cm³/mol. The largest absolute Gasteiger partial charge is 0.456 e. The Morgan fingerprint density at radius 3 is 1.82 bits per heavy atom. The lowest BCUT2D eigenvalue weighted by molar-refractivity contribution is 0.669. The van der Waals surface area contributed by atoms with Crippen LogP contribution >= 0.6 is 0 Å². The predicted octanol–water partition coefficient (Wildman–Crippen LogP) is 16.5. The molecule has 0 unspecified atom stereocenters. The van der Waals surface area contributed by atoms with Gasteiger partial charge in [0, 0.05) is 65.0 Å². The van der Waals surface area contributed by atoms with E-state index < -0.39 is 0 Å². The van der Waals surface area contributed by atoms with Gasteiger partial charge in [-0.15, -0.1) is 0 Å². The van der Waals surface area contributed by atoms with Crippen LogP contribution in [0.25, 0.3) is 143 Å². The molecule has 5 nitrogen and oxygen atoms in total. The normalized spacial score (nSPS) is 12.2. The van der Waals surface area contributed by atoms with Gasteiger partial charge < -0.3 is 13.6 Å². The maximum absolute atomic E-state index is 6.36. The molecule has 0 amide bonds. The average Bonchev–Trinajstić information content (AvgIpc) is 4.05. The van der Waals surface area contributed by atoms with Crippen LogP contribution in [-0.4, -0.2) is 19.1 Å². The molecular formula is C62H36N4O. The average molecular weight is 853 g/mol. The lowest BCUT2D eigenvalue weighted by Crippen LogP contribution is -1.99. The molecule has 0 saturated carbocycles. The number of nitrogens with zero attached hydrogens (tertiary/aromatic N) is 4. The first-order valence-corrected chi connectivity index (χ1v) is 22.8. The zero-order valence-electron chi connectivity index (χ0n) is 36.0. The summed E-state index contributed by atoms with van der Waals surface area (Å²) in [7, 11) is 0. The number of benzene rings is 11. The molecule has 67 heavy (non-hydrogen) atoms. The summed E-state index contributed by atoms with van der Waals surface area (Å²) in [6, 6.07) is 78.5. The molecule has 0 N–H and O–H groups in total. The molecule has 0 saturated heterocycles. The van der Waals surface area contributed by atoms with Crippen molar-refractivity contribution in [1.29, 1.82) is 0 Å². The van der Waals surface area contributed by atoms with Crippen LogP contribution in [0.3, 0.4) is 0 Å². The molecule has 0 aliphatic heterocycles. The molecule has 0 spiro atoms. The van der Waals surface area contributed by atoms with E-state index in [0.29, 0.717) is 5.82 Å². The minimum atomic E-state index is 0.679. The zero-order valence-corrected chi connectivity index (χ0v) is 36.0. The van der Waals surface area contributed by atoms with Gasteiger partial charge >= 0.3 is 0 Å². The van der Waals surface area contributed by atoms with Gasteiger partial charge in [-0.2, -0.15) is 0 Å². The molecule has 0 aliphatic rings. The van der Waals surface area contributed by atoms with Gasteiger partial charge in [-0.05, 0) is 70.8 Å². The highest BCUT2D eigenvalue weighted by atomic mass is 16.3. The number of hydrogen-bond donors (Lipinski definition) is 0. The van der Waals surface area contributed by atoms with E-state index in [9.17, 15) is 0 Å². The van der Waals surface area contributed by atoms with Crippen molar-refractivity contribution >= 4 is 109 Å². The quantitative estimate of drug-likeness (QED) is 0.177. The molecule has 0 atom stereocenters. The summed E-state index contributed by atoms with van der Waals surface area (Å²) in [6.07, 6.45) is 0. The minimum absolute atomic E-state index is 0.679. The SMILES string of the molecule is c1cc(-n2c3ccccc3c3ccc4ccccc4c32)c2cc3c(cc2c1)c1ccccc1n3-c1cccc2c(-c3nc(-c4cccc5oc6ccccc6c45)c4ccccc4n3)cccc12. The summed E-state index contributed by atoms with van der Waals surface area (Å²) >= 11 is 0. The summed E-state index contributed by atoms with van der Waals surface area (Å²) in [5.74, 6) is 0.679. The first-order chi connectivity index (χ1) is 33.2. The van der Waals surface area contributed by atoms with Crippen molar-refractivity contribution in [2.45, 2.75) is 0 Å². The van der Waals surface area contributed by atoms with Gasteiger partial charge in [0.15, 0.2) is 5.82 Å². The Hall–Kier alpha value is -9.06. The Balaban J connectivity index is 0.983. The molecule has 15 aromatic rings. The highest BCUT2D eigenvalue weighted by Gasteiger charge is 2.22. The summed E-state index contributed by atoms with van der Waals surface area (Å²) in [5, 5.41) is 15.1. The second-order valence-electron chi connectivity index (χ2n) is 17.6. The molecular weight excluding hydrogens is 817 g/mol. The Morgan fingerprint density at radius 2 is 0.940 bits per heavy atom. The van der Waals surface area contributed by atoms with Crippen molar-refractivity contribution in [3.63, 3.8) is 0 Å². The Morgan fingerprint density at radius 1 is 0.328 bits per heavy atom. The number of fused-ring (bicyclic) bond motifs is 14. The van der Waals surface area contributed by atoms with E-state index >= 15 is 0 Å². The van der Waals surface area contributed by atoms with Crippen LogP contribution in [0.2, 0.25) is 0 Å². The van der Waals surface area contributed by atoms with E-state index in [1.165, 1.54) is 54.1 Å². The number of hydrogen-bond acceptors (Lipinski definition) is 3. The number of furan rings is 1. The molecule has 4 heterocycles. The number of rotatable bonds is 4. The molecule has 0 bridgehead atoms. The molecule has 4 aromatic heterocycles. The smallest absolute Gasteiger partial charge is 0.161 e. The molecule has 0 radical (unpaired) electrons. The van der Waals surface area contributed by atoms with E-state index in [1.807, 2.05) is 18.2 Å². The van der Waals surface area contributed by atoms with Gasteiger partial charge in [0.05, 0.1) is 44.7 Å². The molecule has 15 rings (SSSR count). The van der Waals surface area contributed by atoms with Gasteiger partial charge in [-0.1, -0.05) is 164 Å². The van der Waals surface area contributed by atoms with Crippen LogP contribution in [0.5, 0.6) is 0 Å². The van der Waals surface area contributed by atoms with Crippen molar-refractivity contribution in [1.82, 2.24) is 19.1 Å². The lowest BCUT2D eigenvalue weighted by atomic mass is 9.99. The Kier molecular flexibility index (Phi) is 7.44. The molecule has 310 valence electrons. The van der Waals surface area contributed by atoms with E-state index in [-0.39, 0.29) is 0 Å². The van der Waals surface area contributed by atoms with Gasteiger partial charge in [0.25, 0.3) is 0 Å². The topological polar surface area (TPSA) is 48.8 Å². The second-order valence-corrected chi connectivity index (χ2v) is 17.6. The molecule has 0 aliphatic carbocycles. The summed E-state index contributed by atoms with van der Waals surface area (Å²) in [4.78, 5) is 10.8. The van der Waals surface area contributed by atoms with Gasteiger partial charge in [0.1, 0.15) is 11.2 Å². The Labute approximate surface area is 383 Å². The van der Waals surface area contributed by atoms with Crippen molar-refractivity contribution in [2.75, 3.05) is 0 Å². The van der Waals surface area contributed by atoms with Gasteiger partial charge in [-0.3, -0.25) is 0 Å². The summed E-state index contributed by atoms with van der Waals surface area (Å²) in [5.41, 5.74) is 12.4. The molecule has 11 aromatic carbocycles. The van der Waals surface area contributed by atoms with Crippen LogP contribution in [0.4, 0.5) is 0 Å². The fraction of sp³-hybridized carbons (Fsp3) is 0. The second kappa shape index (κ2) is 13.7. The van der Waals surface area contributed by atoms with E-state index in [2.05, 4.69) is 209 Å². The van der Waals surface area contributed by atoms with Crippen LogP contribution < -0.4 is 0 Å². The molecule has 5 heteroatoms. The lowest BCUT2D eigenvalue weighted by Gasteiger charge is -2.16. The minimum Gasteiger partial charge on any atom is -0.456 e. The maximum atomic E-state index is 6.36. The van der Waals surface area contributed by atoms with Crippen LogP contribution in [0, 0.1) is 0 Å². The summed E-state index contributed by atoms with van der Waals surface area (Å²) < 4.78 is 11.3. The fourth-order valence-electron chi connectivity index (χ4n) is 11.2. The summed E-state index contributed by atoms with van der Waals surface area (Å²) in [6.45, 7) is 0. The third-order valence-corrected chi connectivity index (χ3v) is 14.1. The van der Waals surface area contributed by atoms with Crippen molar-refractivity contribution < 1.29 is 4.42 Å². The van der Waals surface area contributed by atoms with Crippen LogP contribution in [0.1, 0.15) is 0 Å². The monoisotopic (exact) mass is 852 g/mol. The highest BCUT2D eigenvalue weighted by molar-refractivity contribution is 6.21. The number of aromatic nitrogens is 4. The van der Waals surface area contributed by atoms with Crippen LogP contribution in [-0.2, 0) is 0 Å². The van der Waals surface area contributed by atoms with Gasteiger partial charge in [-0.25, -0.2) is 9.97 Å². The van der Waals surface area contributed by atoms with Gasteiger partial charge in [0.2, 0.25) is 0 Å². The van der Waals surface area contributed by atoms with E-state index in [4.69, 9.17) is 14.4 Å². The molecule has 0 fully saturated rings. The standard InChI is InChI=1S/C62H36N4O/c1-2-17-39-37(15-1)33-34-44-42-18-4-9-28-54(42)66(61(39)44)55-29-11-16-38-35-50-43-19-5-8-27-52(43)65(56(50)36-49(38)55)53-30-13-22-40-41(53)23-12-24-45(40)62-63-51-26-7-3-20-46(51)60(64-62)48-25-14-32-58-59(48)47-21-6-10-31-57(47)67-58/h1-36H. The van der Waals surface area contributed by atoms with Crippen molar-refractivity contribution in [3.8, 4) is 34.0 Å². The maximum Gasteiger partial charge on any atom is 0.161 e. The van der Waals surface area contributed by atoms with Crippen molar-refractivity contribution in [3.05, 3.63) is 218 Å². The van der Waals surface area contributed by atoms with E-state index in [1.54, 1.807) is 0 Å². The third-order valence-electron chi connectivity index (χ3n) is 14.1. The van der Waals surface area contributed by atoms with Crippen LogP contribution in [0.15, 0.2) is 223 Å². The third kappa shape index (κ3) is 5.14. The fourth-order valence-corrected chi connectivity index (χ4v) is 11.2. The highest BCUT2D eigenvalue weighted by Crippen LogP contribution is 2.44. The Bertz CT molecular complexity index is 4590. The first-order valence-electron chi connectivity index (χ1n) is 22.8. The van der Waals surface area contributed by atoms with Crippen molar-refractivity contribution in [2.24, 2.45) is 0 Å².